The number of amides is 2. The third-order valence-electron chi connectivity index (χ3n) is 5.34. The van der Waals surface area contributed by atoms with Crippen molar-refractivity contribution in [2.75, 3.05) is 19.7 Å². The van der Waals surface area contributed by atoms with Crippen molar-refractivity contribution in [2.24, 2.45) is 5.92 Å². The van der Waals surface area contributed by atoms with Gasteiger partial charge in [0.05, 0.1) is 6.10 Å². The number of carbonyl (C=O) groups excluding carboxylic acids is 2. The maximum Gasteiger partial charge on any atom is 0.248 e. The fraction of sp³-hybridized carbons (Fsp3) is 0.875. The van der Waals surface area contributed by atoms with Crippen LogP contribution < -0.4 is 5.32 Å². The zero-order valence-corrected chi connectivity index (χ0v) is 12.9. The number of carbonyl (C=O) groups is 2. The minimum Gasteiger partial charge on any atom is -0.378 e. The van der Waals surface area contributed by atoms with E-state index >= 15 is 0 Å². The first-order valence-electron chi connectivity index (χ1n) is 8.36. The Morgan fingerprint density at radius 3 is 2.81 bits per heavy atom. The lowest BCUT2D eigenvalue weighted by atomic mass is 9.94. The van der Waals surface area contributed by atoms with Crippen LogP contribution in [0.5, 0.6) is 0 Å². The van der Waals surface area contributed by atoms with Gasteiger partial charge in [0.1, 0.15) is 5.54 Å². The average molecular weight is 294 g/mol. The highest BCUT2D eigenvalue weighted by atomic mass is 16.5. The molecular formula is C16H26N2O3. The molecule has 1 spiro atoms. The highest BCUT2D eigenvalue weighted by Gasteiger charge is 2.47. The Bertz CT molecular complexity index is 418. The number of nitrogens with one attached hydrogen (secondary N) is 1. The number of rotatable bonds is 3. The molecule has 5 heteroatoms. The molecule has 2 atom stereocenters. The fourth-order valence-electron chi connectivity index (χ4n) is 4.15. The van der Waals surface area contributed by atoms with Gasteiger partial charge >= 0.3 is 0 Å². The third-order valence-corrected chi connectivity index (χ3v) is 5.34. The van der Waals surface area contributed by atoms with Crippen LogP contribution in [-0.2, 0) is 14.3 Å². The van der Waals surface area contributed by atoms with Crippen molar-refractivity contribution in [2.45, 2.75) is 63.5 Å². The minimum atomic E-state index is -0.602. The van der Waals surface area contributed by atoms with Gasteiger partial charge in [0.2, 0.25) is 11.8 Å². The molecule has 0 radical (unpaired) electrons. The average Bonchev–Trinajstić information content (AvgIpc) is 3.09. The lowest BCUT2D eigenvalue weighted by Gasteiger charge is -2.33. The summed E-state index contributed by atoms with van der Waals surface area (Å²) >= 11 is 0. The maximum absolute atomic E-state index is 13.0. The summed E-state index contributed by atoms with van der Waals surface area (Å²) in [5.74, 6) is 0.598. The largest absolute Gasteiger partial charge is 0.378 e. The van der Waals surface area contributed by atoms with Crippen LogP contribution in [0.2, 0.25) is 0 Å². The Labute approximate surface area is 126 Å². The van der Waals surface area contributed by atoms with Crippen LogP contribution >= 0.6 is 0 Å². The summed E-state index contributed by atoms with van der Waals surface area (Å²) in [6, 6.07) is 0. The topological polar surface area (TPSA) is 58.6 Å². The van der Waals surface area contributed by atoms with Gasteiger partial charge in [0.15, 0.2) is 0 Å². The van der Waals surface area contributed by atoms with Gasteiger partial charge in [-0.1, -0.05) is 19.8 Å². The summed E-state index contributed by atoms with van der Waals surface area (Å²) in [5, 5.41) is 3.02. The van der Waals surface area contributed by atoms with E-state index < -0.39 is 5.54 Å². The van der Waals surface area contributed by atoms with Gasteiger partial charge in [-0.3, -0.25) is 9.59 Å². The molecule has 0 aromatic heterocycles. The van der Waals surface area contributed by atoms with Crippen molar-refractivity contribution in [1.82, 2.24) is 10.2 Å². The molecule has 1 saturated carbocycles. The molecule has 1 aliphatic carbocycles. The lowest BCUT2D eigenvalue weighted by Crippen LogP contribution is -2.56. The van der Waals surface area contributed by atoms with Gasteiger partial charge < -0.3 is 15.0 Å². The summed E-state index contributed by atoms with van der Waals surface area (Å²) in [6.07, 6.45) is 6.38. The van der Waals surface area contributed by atoms with E-state index in [1.54, 1.807) is 0 Å². The number of hydrogen-bond donors (Lipinski definition) is 1. The van der Waals surface area contributed by atoms with E-state index in [0.717, 1.165) is 51.7 Å². The van der Waals surface area contributed by atoms with Gasteiger partial charge in [-0.15, -0.1) is 0 Å². The van der Waals surface area contributed by atoms with Crippen molar-refractivity contribution in [1.29, 1.82) is 0 Å². The molecule has 2 heterocycles. The quantitative estimate of drug-likeness (QED) is 0.857. The SMILES string of the molecule is CCC1OCCC1CN1CCC(=O)NC2(CCCC2)C1=O. The summed E-state index contributed by atoms with van der Waals surface area (Å²) < 4.78 is 5.74. The number of nitrogens with zero attached hydrogens (tertiary/aromatic N) is 1. The summed E-state index contributed by atoms with van der Waals surface area (Å²) in [6.45, 7) is 4.23. The molecule has 5 nitrogen and oxygen atoms in total. The van der Waals surface area contributed by atoms with E-state index in [9.17, 15) is 9.59 Å². The second-order valence-electron chi connectivity index (χ2n) is 6.70. The normalized spacial score (nSPS) is 32.5. The van der Waals surface area contributed by atoms with Crippen LogP contribution in [0.15, 0.2) is 0 Å². The van der Waals surface area contributed by atoms with Crippen LogP contribution in [0.3, 0.4) is 0 Å². The summed E-state index contributed by atoms with van der Waals surface area (Å²) in [5.41, 5.74) is -0.602. The molecule has 118 valence electrons. The predicted octanol–water partition coefficient (Wildman–Crippen LogP) is 1.46. The smallest absolute Gasteiger partial charge is 0.248 e. The van der Waals surface area contributed by atoms with Gasteiger partial charge in [0.25, 0.3) is 0 Å². The molecule has 1 N–H and O–H groups in total. The Hall–Kier alpha value is -1.10. The predicted molar refractivity (Wildman–Crippen MR) is 78.7 cm³/mol. The first kappa shape index (κ1) is 14.8. The van der Waals surface area contributed by atoms with Gasteiger partial charge in [-0.2, -0.15) is 0 Å². The van der Waals surface area contributed by atoms with E-state index in [1.807, 2.05) is 4.90 Å². The third kappa shape index (κ3) is 2.80. The standard InChI is InChI=1S/C16H26N2O3/c1-2-13-12(6-10-21-13)11-18-9-5-14(19)17-16(15(18)20)7-3-4-8-16/h12-13H,2-11H2,1H3,(H,17,19). The van der Waals surface area contributed by atoms with Crippen LogP contribution in [0.25, 0.3) is 0 Å². The van der Waals surface area contributed by atoms with E-state index in [-0.39, 0.29) is 17.9 Å². The highest BCUT2D eigenvalue weighted by molar-refractivity contribution is 5.93. The summed E-state index contributed by atoms with van der Waals surface area (Å²) in [7, 11) is 0. The van der Waals surface area contributed by atoms with Crippen molar-refractivity contribution in [3.05, 3.63) is 0 Å². The lowest BCUT2D eigenvalue weighted by molar-refractivity contribution is -0.139. The van der Waals surface area contributed by atoms with Crippen molar-refractivity contribution < 1.29 is 14.3 Å². The molecule has 0 bridgehead atoms. The zero-order valence-electron chi connectivity index (χ0n) is 12.9. The van der Waals surface area contributed by atoms with Crippen LogP contribution in [0.1, 0.15) is 51.9 Å². The molecule has 2 amide bonds. The Kier molecular flexibility index (Phi) is 4.20. The molecule has 0 aromatic carbocycles. The van der Waals surface area contributed by atoms with E-state index in [0.29, 0.717) is 18.9 Å². The second-order valence-corrected chi connectivity index (χ2v) is 6.70. The monoisotopic (exact) mass is 294 g/mol. The van der Waals surface area contributed by atoms with Crippen LogP contribution in [0.4, 0.5) is 0 Å². The van der Waals surface area contributed by atoms with E-state index in [2.05, 4.69) is 12.2 Å². The Morgan fingerprint density at radius 1 is 1.33 bits per heavy atom. The van der Waals surface area contributed by atoms with Gasteiger partial charge in [-0.25, -0.2) is 0 Å². The van der Waals surface area contributed by atoms with E-state index in [4.69, 9.17) is 4.74 Å². The molecule has 3 fully saturated rings. The maximum atomic E-state index is 13.0. The van der Waals surface area contributed by atoms with Crippen molar-refractivity contribution >= 4 is 11.8 Å². The minimum absolute atomic E-state index is 0.0301. The molecular weight excluding hydrogens is 268 g/mol. The van der Waals surface area contributed by atoms with Crippen LogP contribution in [0, 0.1) is 5.92 Å². The number of hydrogen-bond acceptors (Lipinski definition) is 3. The zero-order chi connectivity index (χ0) is 14.9. The molecule has 3 rings (SSSR count). The van der Waals surface area contributed by atoms with Crippen molar-refractivity contribution in [3.63, 3.8) is 0 Å². The van der Waals surface area contributed by atoms with Crippen LogP contribution in [-0.4, -0.2) is 48.1 Å². The highest BCUT2D eigenvalue weighted by Crippen LogP contribution is 2.34. The Morgan fingerprint density at radius 2 is 2.10 bits per heavy atom. The van der Waals surface area contributed by atoms with E-state index in [1.165, 1.54) is 0 Å². The summed E-state index contributed by atoms with van der Waals surface area (Å²) in [4.78, 5) is 26.9. The fourth-order valence-corrected chi connectivity index (χ4v) is 4.15. The van der Waals surface area contributed by atoms with Gasteiger partial charge in [0, 0.05) is 32.0 Å². The first-order chi connectivity index (χ1) is 10.1. The number of ether oxygens (including phenoxy) is 1. The Balaban J connectivity index is 1.74. The molecule has 2 aliphatic heterocycles. The molecule has 2 unspecified atom stereocenters. The molecule has 0 aromatic rings. The van der Waals surface area contributed by atoms with Crippen molar-refractivity contribution in [3.8, 4) is 0 Å². The van der Waals surface area contributed by atoms with Gasteiger partial charge in [-0.05, 0) is 25.7 Å². The first-order valence-corrected chi connectivity index (χ1v) is 8.36. The molecule has 3 aliphatic rings. The second kappa shape index (κ2) is 5.95. The molecule has 21 heavy (non-hydrogen) atoms. The molecule has 2 saturated heterocycles.